The van der Waals surface area contributed by atoms with Crippen molar-refractivity contribution in [1.82, 2.24) is 4.57 Å². The highest BCUT2D eigenvalue weighted by Gasteiger charge is 2.17. The van der Waals surface area contributed by atoms with Gasteiger partial charge in [-0.1, -0.05) is 84.4 Å². The molecule has 172 valence electrons. The molecule has 35 heavy (non-hydrogen) atoms. The van der Waals surface area contributed by atoms with E-state index in [2.05, 4.69) is 0 Å². The van der Waals surface area contributed by atoms with Gasteiger partial charge in [-0.15, -0.1) is 0 Å². The van der Waals surface area contributed by atoms with Crippen molar-refractivity contribution in [3.8, 4) is 11.6 Å². The number of fused-ring (bicyclic) bond motifs is 1. The average Bonchev–Trinajstić information content (AvgIpc) is 2.89. The summed E-state index contributed by atoms with van der Waals surface area (Å²) < 4.78 is 1.26. The molecule has 0 saturated heterocycles. The Morgan fingerprint density at radius 1 is 0.829 bits per heavy atom. The Hall–Kier alpha value is -4.35. The van der Waals surface area contributed by atoms with Gasteiger partial charge in [-0.2, -0.15) is 5.10 Å². The van der Waals surface area contributed by atoms with E-state index in [4.69, 9.17) is 16.7 Å². The summed E-state index contributed by atoms with van der Waals surface area (Å²) in [4.78, 5) is 13.3. The normalized spacial score (nSPS) is 11.2. The van der Waals surface area contributed by atoms with E-state index in [9.17, 15) is 9.90 Å². The molecule has 1 aromatic heterocycles. The van der Waals surface area contributed by atoms with E-state index < -0.39 is 0 Å². The van der Waals surface area contributed by atoms with Crippen molar-refractivity contribution in [2.24, 2.45) is 5.10 Å². The fraction of sp³-hybridized carbons (Fsp3) is 0.0345. The maximum atomic E-state index is 13.3. The SMILES string of the molecule is O=c1c2ccccc2c(/C=N/N(Cc2ccccc2)c2ccccc2)c(O)n1-c1cccc(Cl)c1. The molecule has 1 N–H and O–H groups in total. The third-order valence-corrected chi connectivity index (χ3v) is 5.96. The van der Waals surface area contributed by atoms with E-state index >= 15 is 0 Å². The molecule has 0 amide bonds. The number of hydrogen-bond acceptors (Lipinski definition) is 4. The van der Waals surface area contributed by atoms with Gasteiger partial charge in [0.05, 0.1) is 29.7 Å². The number of halogens is 1. The zero-order valence-electron chi connectivity index (χ0n) is 18.8. The standard InChI is InChI=1S/C29H22ClN3O2/c30-22-12-9-15-24(18-22)33-28(34)26-17-8-7-16-25(26)27(29(33)35)19-31-32(23-13-5-2-6-14-23)20-21-10-3-1-4-11-21/h1-19,35H,20H2/b31-19+. The topological polar surface area (TPSA) is 57.8 Å². The van der Waals surface area contributed by atoms with Crippen LogP contribution in [0.25, 0.3) is 16.5 Å². The number of benzene rings is 4. The minimum absolute atomic E-state index is 0.201. The number of rotatable bonds is 6. The maximum absolute atomic E-state index is 13.3. The fourth-order valence-corrected chi connectivity index (χ4v) is 4.21. The van der Waals surface area contributed by atoms with Crippen LogP contribution in [-0.4, -0.2) is 15.9 Å². The van der Waals surface area contributed by atoms with Crippen LogP contribution < -0.4 is 10.6 Å². The first-order chi connectivity index (χ1) is 17.1. The number of hydrazone groups is 1. The predicted molar refractivity (Wildman–Crippen MR) is 143 cm³/mol. The summed E-state index contributed by atoms with van der Waals surface area (Å²) in [5, 5.41) is 19.5. The van der Waals surface area contributed by atoms with Crippen molar-refractivity contribution in [3.05, 3.63) is 136 Å². The number of para-hydroxylation sites is 1. The van der Waals surface area contributed by atoms with Crippen LogP contribution in [0.4, 0.5) is 5.69 Å². The second-order valence-electron chi connectivity index (χ2n) is 8.03. The van der Waals surface area contributed by atoms with Crippen molar-refractivity contribution in [2.45, 2.75) is 6.54 Å². The molecule has 0 spiro atoms. The first kappa shape index (κ1) is 22.4. The first-order valence-electron chi connectivity index (χ1n) is 11.1. The van der Waals surface area contributed by atoms with Crippen molar-refractivity contribution >= 4 is 34.3 Å². The molecule has 0 aliphatic rings. The van der Waals surface area contributed by atoms with Crippen molar-refractivity contribution in [3.63, 3.8) is 0 Å². The lowest BCUT2D eigenvalue weighted by molar-refractivity contribution is 0.436. The van der Waals surface area contributed by atoms with Gasteiger partial charge in [0.2, 0.25) is 5.88 Å². The van der Waals surface area contributed by atoms with E-state index in [1.165, 1.54) is 4.57 Å². The summed E-state index contributed by atoms with van der Waals surface area (Å²) in [5.41, 5.74) is 2.58. The maximum Gasteiger partial charge on any atom is 0.265 e. The molecule has 5 nitrogen and oxygen atoms in total. The molecule has 6 heteroatoms. The number of aromatic nitrogens is 1. The second-order valence-corrected chi connectivity index (χ2v) is 8.46. The number of hydrogen-bond donors (Lipinski definition) is 1. The lowest BCUT2D eigenvalue weighted by atomic mass is 10.1. The Kier molecular flexibility index (Phi) is 6.33. The molecule has 0 fully saturated rings. The van der Waals surface area contributed by atoms with E-state index in [0.29, 0.717) is 33.6 Å². The van der Waals surface area contributed by atoms with Gasteiger partial charge in [-0.3, -0.25) is 9.80 Å². The Labute approximate surface area is 207 Å². The zero-order valence-corrected chi connectivity index (χ0v) is 19.5. The Morgan fingerprint density at radius 3 is 2.20 bits per heavy atom. The van der Waals surface area contributed by atoms with E-state index in [-0.39, 0.29) is 11.4 Å². The lowest BCUT2D eigenvalue weighted by Gasteiger charge is -2.20. The van der Waals surface area contributed by atoms with Gasteiger partial charge in [0.1, 0.15) is 0 Å². The quantitative estimate of drug-likeness (QED) is 0.227. The summed E-state index contributed by atoms with van der Waals surface area (Å²) >= 11 is 6.18. The van der Waals surface area contributed by atoms with Gasteiger partial charge in [-0.25, -0.2) is 4.57 Å². The molecule has 5 rings (SSSR count). The van der Waals surface area contributed by atoms with Gasteiger partial charge in [0.15, 0.2) is 0 Å². The molecule has 4 aromatic carbocycles. The van der Waals surface area contributed by atoms with Crippen molar-refractivity contribution < 1.29 is 5.11 Å². The van der Waals surface area contributed by atoms with E-state index in [1.807, 2.05) is 77.8 Å². The van der Waals surface area contributed by atoms with Gasteiger partial charge in [0.25, 0.3) is 5.56 Å². The molecule has 1 heterocycles. The zero-order chi connectivity index (χ0) is 24.2. The minimum atomic E-state index is -0.332. The molecule has 0 saturated carbocycles. The van der Waals surface area contributed by atoms with Crippen molar-refractivity contribution in [1.29, 1.82) is 0 Å². The summed E-state index contributed by atoms with van der Waals surface area (Å²) in [5.74, 6) is -0.201. The van der Waals surface area contributed by atoms with Crippen LogP contribution in [0.15, 0.2) is 119 Å². The van der Waals surface area contributed by atoms with Crippen LogP contribution in [-0.2, 0) is 6.54 Å². The van der Waals surface area contributed by atoms with Crippen molar-refractivity contribution in [2.75, 3.05) is 5.01 Å². The molecule has 0 aliphatic heterocycles. The number of pyridine rings is 1. The summed E-state index contributed by atoms with van der Waals surface area (Å²) in [7, 11) is 0. The third-order valence-electron chi connectivity index (χ3n) is 5.73. The Bertz CT molecular complexity index is 1560. The Morgan fingerprint density at radius 2 is 1.49 bits per heavy atom. The molecule has 0 atom stereocenters. The smallest absolute Gasteiger partial charge is 0.265 e. The second kappa shape index (κ2) is 9.87. The molecule has 5 aromatic rings. The van der Waals surface area contributed by atoms with E-state index in [0.717, 1.165) is 11.3 Å². The molecule has 0 bridgehead atoms. The van der Waals surface area contributed by atoms with Gasteiger partial charge >= 0.3 is 0 Å². The molecule has 0 radical (unpaired) electrons. The first-order valence-corrected chi connectivity index (χ1v) is 11.5. The van der Waals surface area contributed by atoms with Gasteiger partial charge in [-0.05, 0) is 42.0 Å². The molecular weight excluding hydrogens is 458 g/mol. The number of anilines is 1. The average molecular weight is 480 g/mol. The minimum Gasteiger partial charge on any atom is -0.494 e. The summed E-state index contributed by atoms with van der Waals surface area (Å²) in [6.45, 7) is 0.536. The largest absolute Gasteiger partial charge is 0.494 e. The molecular formula is C29H22ClN3O2. The number of nitrogens with zero attached hydrogens (tertiary/aromatic N) is 3. The van der Waals surface area contributed by atoms with Crippen LogP contribution in [0.3, 0.4) is 0 Å². The van der Waals surface area contributed by atoms with Crippen LogP contribution in [0.5, 0.6) is 5.88 Å². The van der Waals surface area contributed by atoms with Crippen LogP contribution in [0.2, 0.25) is 5.02 Å². The van der Waals surface area contributed by atoms with Crippen LogP contribution >= 0.6 is 11.6 Å². The Balaban J connectivity index is 1.66. The number of aromatic hydroxyl groups is 1. The highest BCUT2D eigenvalue weighted by Crippen LogP contribution is 2.27. The fourth-order valence-electron chi connectivity index (χ4n) is 4.03. The summed E-state index contributed by atoms with van der Waals surface area (Å²) in [6, 6.07) is 33.9. The predicted octanol–water partition coefficient (Wildman–Crippen LogP) is 6.39. The molecule has 0 unspecified atom stereocenters. The highest BCUT2D eigenvalue weighted by molar-refractivity contribution is 6.30. The van der Waals surface area contributed by atoms with Gasteiger partial charge < -0.3 is 5.11 Å². The van der Waals surface area contributed by atoms with Crippen LogP contribution in [0, 0.1) is 0 Å². The van der Waals surface area contributed by atoms with E-state index in [1.54, 1.807) is 42.6 Å². The lowest BCUT2D eigenvalue weighted by Crippen LogP contribution is -2.21. The summed E-state index contributed by atoms with van der Waals surface area (Å²) in [6.07, 6.45) is 1.61. The third kappa shape index (κ3) is 4.67. The monoisotopic (exact) mass is 479 g/mol. The highest BCUT2D eigenvalue weighted by atomic mass is 35.5. The molecule has 0 aliphatic carbocycles. The van der Waals surface area contributed by atoms with Gasteiger partial charge in [0, 0.05) is 15.8 Å². The van der Waals surface area contributed by atoms with Crippen LogP contribution in [0.1, 0.15) is 11.1 Å².